The number of sulfonamides is 1. The Morgan fingerprint density at radius 1 is 1.22 bits per heavy atom. The van der Waals surface area contributed by atoms with E-state index < -0.39 is 10.0 Å². The van der Waals surface area contributed by atoms with E-state index in [0.717, 1.165) is 4.31 Å². The zero-order valence-corrected chi connectivity index (χ0v) is 11.0. The normalized spacial score (nSPS) is 12.0. The number of nitrogen functional groups attached to an aromatic ring is 1. The van der Waals surface area contributed by atoms with Crippen LogP contribution in [0.25, 0.3) is 0 Å². The Balaban J connectivity index is 3.13. The minimum Gasteiger partial charge on any atom is -0.399 e. The zero-order chi connectivity index (χ0) is 13.8. The monoisotopic (exact) mass is 274 g/mol. The van der Waals surface area contributed by atoms with E-state index in [-0.39, 0.29) is 31.2 Å². The molecule has 102 valence electrons. The van der Waals surface area contributed by atoms with Gasteiger partial charge in [0.2, 0.25) is 10.0 Å². The zero-order valence-electron chi connectivity index (χ0n) is 10.2. The lowest BCUT2D eigenvalue weighted by Crippen LogP contribution is -2.35. The Bertz CT molecular complexity index is 496. The van der Waals surface area contributed by atoms with Gasteiger partial charge in [-0.25, -0.2) is 8.42 Å². The second kappa shape index (κ2) is 6.14. The van der Waals surface area contributed by atoms with Gasteiger partial charge in [0.1, 0.15) is 0 Å². The summed E-state index contributed by atoms with van der Waals surface area (Å²) in [6.45, 7) is 1.02. The van der Waals surface area contributed by atoms with Crippen LogP contribution in [0.1, 0.15) is 5.56 Å². The lowest BCUT2D eigenvalue weighted by molar-refractivity contribution is 0.217. The van der Waals surface area contributed by atoms with Gasteiger partial charge in [-0.2, -0.15) is 4.31 Å². The van der Waals surface area contributed by atoms with Crippen LogP contribution >= 0.6 is 0 Å². The molecule has 0 bridgehead atoms. The van der Waals surface area contributed by atoms with Gasteiger partial charge in [0.05, 0.1) is 18.1 Å². The predicted molar refractivity (Wildman–Crippen MR) is 68.5 cm³/mol. The fraction of sp³-hybridized carbons (Fsp3) is 0.455. The van der Waals surface area contributed by atoms with Crippen LogP contribution in [-0.4, -0.2) is 49.2 Å². The van der Waals surface area contributed by atoms with Crippen molar-refractivity contribution in [2.24, 2.45) is 0 Å². The molecule has 4 N–H and O–H groups in total. The average molecular weight is 274 g/mol. The Labute approximate surface area is 107 Å². The lowest BCUT2D eigenvalue weighted by Gasteiger charge is -2.20. The van der Waals surface area contributed by atoms with Crippen molar-refractivity contribution in [3.05, 3.63) is 23.8 Å². The molecule has 0 heterocycles. The molecule has 0 atom stereocenters. The highest BCUT2D eigenvalue weighted by molar-refractivity contribution is 7.89. The third kappa shape index (κ3) is 3.20. The number of aliphatic hydroxyl groups excluding tert-OH is 2. The molecule has 0 aliphatic carbocycles. The molecule has 7 heteroatoms. The number of aryl methyl sites for hydroxylation is 1. The summed E-state index contributed by atoms with van der Waals surface area (Å²) < 4.78 is 25.5. The van der Waals surface area contributed by atoms with Crippen molar-refractivity contribution in [2.75, 3.05) is 32.0 Å². The van der Waals surface area contributed by atoms with E-state index in [1.54, 1.807) is 6.92 Å². The van der Waals surface area contributed by atoms with Gasteiger partial charge in [-0.1, -0.05) is 0 Å². The molecule has 0 unspecified atom stereocenters. The summed E-state index contributed by atoms with van der Waals surface area (Å²) in [6, 6.07) is 4.42. The summed E-state index contributed by atoms with van der Waals surface area (Å²) in [5, 5.41) is 17.7. The van der Waals surface area contributed by atoms with Crippen molar-refractivity contribution < 1.29 is 18.6 Å². The molecule has 0 fully saturated rings. The van der Waals surface area contributed by atoms with Crippen LogP contribution in [0.15, 0.2) is 23.1 Å². The molecule has 1 aromatic carbocycles. The van der Waals surface area contributed by atoms with Gasteiger partial charge < -0.3 is 15.9 Å². The van der Waals surface area contributed by atoms with E-state index in [4.69, 9.17) is 15.9 Å². The van der Waals surface area contributed by atoms with Gasteiger partial charge in [0, 0.05) is 18.8 Å². The lowest BCUT2D eigenvalue weighted by atomic mass is 10.2. The first-order chi connectivity index (χ1) is 8.43. The van der Waals surface area contributed by atoms with Crippen molar-refractivity contribution in [3.63, 3.8) is 0 Å². The smallest absolute Gasteiger partial charge is 0.243 e. The highest BCUT2D eigenvalue weighted by Gasteiger charge is 2.23. The first-order valence-electron chi connectivity index (χ1n) is 5.51. The molecule has 0 saturated heterocycles. The van der Waals surface area contributed by atoms with Crippen molar-refractivity contribution in [1.82, 2.24) is 4.31 Å². The maximum absolute atomic E-state index is 12.2. The van der Waals surface area contributed by atoms with Gasteiger partial charge in [-0.05, 0) is 30.7 Å². The molecule has 0 radical (unpaired) electrons. The number of aliphatic hydroxyl groups is 2. The Kier molecular flexibility index (Phi) is 5.09. The molecule has 6 nitrogen and oxygen atoms in total. The van der Waals surface area contributed by atoms with E-state index in [2.05, 4.69) is 0 Å². The van der Waals surface area contributed by atoms with E-state index in [1.807, 2.05) is 0 Å². The van der Waals surface area contributed by atoms with Crippen LogP contribution < -0.4 is 5.73 Å². The molecule has 1 aromatic rings. The Morgan fingerprint density at radius 2 is 1.78 bits per heavy atom. The minimum atomic E-state index is -3.71. The number of nitrogens with zero attached hydrogens (tertiary/aromatic N) is 1. The fourth-order valence-electron chi connectivity index (χ4n) is 1.53. The molecular weight excluding hydrogens is 256 g/mol. The highest BCUT2D eigenvalue weighted by atomic mass is 32.2. The Morgan fingerprint density at radius 3 is 2.22 bits per heavy atom. The summed E-state index contributed by atoms with van der Waals surface area (Å²) in [5.41, 5.74) is 6.83. The first-order valence-corrected chi connectivity index (χ1v) is 6.95. The topological polar surface area (TPSA) is 104 Å². The van der Waals surface area contributed by atoms with Crippen LogP contribution in [0.4, 0.5) is 5.69 Å². The highest BCUT2D eigenvalue weighted by Crippen LogP contribution is 2.20. The molecule has 0 aromatic heterocycles. The Hall–Kier alpha value is -1.15. The number of hydrogen-bond acceptors (Lipinski definition) is 5. The molecule has 0 aliphatic rings. The van der Waals surface area contributed by atoms with Crippen molar-refractivity contribution in [1.29, 1.82) is 0 Å². The third-order valence-corrected chi connectivity index (χ3v) is 4.47. The largest absolute Gasteiger partial charge is 0.399 e. The summed E-state index contributed by atoms with van der Waals surface area (Å²) in [4.78, 5) is 0.108. The molecule has 1 rings (SSSR count). The maximum Gasteiger partial charge on any atom is 0.243 e. The molecule has 0 saturated carbocycles. The van der Waals surface area contributed by atoms with Crippen molar-refractivity contribution in [2.45, 2.75) is 11.8 Å². The van der Waals surface area contributed by atoms with Crippen molar-refractivity contribution in [3.8, 4) is 0 Å². The van der Waals surface area contributed by atoms with Gasteiger partial charge in [-0.15, -0.1) is 0 Å². The third-order valence-electron chi connectivity index (χ3n) is 2.58. The fourth-order valence-corrected chi connectivity index (χ4v) is 3.04. The van der Waals surface area contributed by atoms with Gasteiger partial charge >= 0.3 is 0 Å². The number of rotatable bonds is 6. The van der Waals surface area contributed by atoms with E-state index in [9.17, 15) is 8.42 Å². The van der Waals surface area contributed by atoms with Gasteiger partial charge in [0.15, 0.2) is 0 Å². The second-order valence-electron chi connectivity index (χ2n) is 3.87. The first kappa shape index (κ1) is 14.9. The van der Waals surface area contributed by atoms with Crippen molar-refractivity contribution >= 4 is 15.7 Å². The minimum absolute atomic E-state index is 0.0493. The van der Waals surface area contributed by atoms with E-state index in [1.165, 1.54) is 18.2 Å². The SMILES string of the molecule is Cc1cc(S(=O)(=O)N(CCO)CCO)ccc1N. The summed E-state index contributed by atoms with van der Waals surface area (Å²) in [7, 11) is -3.71. The van der Waals surface area contributed by atoms with Crippen LogP contribution in [0.5, 0.6) is 0 Å². The standard InChI is InChI=1S/C11H18N2O4S/c1-9-8-10(2-3-11(9)12)18(16,17)13(4-6-14)5-7-15/h2-3,8,14-15H,4-7,12H2,1H3. The second-order valence-corrected chi connectivity index (χ2v) is 5.81. The number of hydrogen-bond donors (Lipinski definition) is 3. The molecule has 0 aliphatic heterocycles. The number of benzene rings is 1. The average Bonchev–Trinajstić information content (AvgIpc) is 2.32. The summed E-state index contributed by atoms with van der Waals surface area (Å²) >= 11 is 0. The van der Waals surface area contributed by atoms with Crippen LogP contribution in [-0.2, 0) is 10.0 Å². The van der Waals surface area contributed by atoms with Crippen LogP contribution in [0, 0.1) is 6.92 Å². The summed E-state index contributed by atoms with van der Waals surface area (Å²) in [6.07, 6.45) is 0. The predicted octanol–water partition coefficient (Wildman–Crippen LogP) is -0.447. The maximum atomic E-state index is 12.2. The van der Waals surface area contributed by atoms with E-state index in [0.29, 0.717) is 11.3 Å². The molecule has 0 spiro atoms. The molecule has 0 amide bonds. The van der Waals surface area contributed by atoms with Gasteiger partial charge in [-0.3, -0.25) is 0 Å². The van der Waals surface area contributed by atoms with Crippen LogP contribution in [0.3, 0.4) is 0 Å². The summed E-state index contributed by atoms with van der Waals surface area (Å²) in [5.74, 6) is 0. The molecular formula is C11H18N2O4S. The number of anilines is 1. The van der Waals surface area contributed by atoms with E-state index >= 15 is 0 Å². The van der Waals surface area contributed by atoms with Crippen LogP contribution in [0.2, 0.25) is 0 Å². The quantitative estimate of drug-likeness (QED) is 0.610. The molecule has 18 heavy (non-hydrogen) atoms. The van der Waals surface area contributed by atoms with Gasteiger partial charge in [0.25, 0.3) is 0 Å². The number of nitrogens with two attached hydrogens (primary N) is 1.